The Morgan fingerprint density at radius 1 is 1.09 bits per heavy atom. The van der Waals surface area contributed by atoms with Crippen LogP contribution in [0.25, 0.3) is 11.5 Å². The maximum atomic E-state index is 5.50. The SMILES string of the molecule is CCOC(CCc1noc(-c2ccc(OC)cc2)n1)OCC. The molecule has 0 aliphatic heterocycles. The minimum atomic E-state index is -0.224. The van der Waals surface area contributed by atoms with E-state index in [1.807, 2.05) is 38.1 Å². The van der Waals surface area contributed by atoms with Crippen molar-refractivity contribution in [1.29, 1.82) is 0 Å². The molecule has 0 radical (unpaired) electrons. The minimum Gasteiger partial charge on any atom is -0.497 e. The summed E-state index contributed by atoms with van der Waals surface area (Å²) in [6.07, 6.45) is 1.12. The van der Waals surface area contributed by atoms with Crippen LogP contribution in [0.15, 0.2) is 28.8 Å². The highest BCUT2D eigenvalue weighted by Crippen LogP contribution is 2.21. The number of hydrogen-bond acceptors (Lipinski definition) is 6. The maximum absolute atomic E-state index is 5.50. The van der Waals surface area contributed by atoms with E-state index in [2.05, 4.69) is 10.1 Å². The summed E-state index contributed by atoms with van der Waals surface area (Å²) < 4.78 is 21.4. The van der Waals surface area contributed by atoms with Crippen molar-refractivity contribution >= 4 is 0 Å². The van der Waals surface area contributed by atoms with E-state index in [-0.39, 0.29) is 6.29 Å². The van der Waals surface area contributed by atoms with Crippen LogP contribution in [-0.2, 0) is 15.9 Å². The highest BCUT2D eigenvalue weighted by atomic mass is 16.7. The quantitative estimate of drug-likeness (QED) is 0.663. The number of methoxy groups -OCH3 is 1. The Balaban J connectivity index is 1.95. The van der Waals surface area contributed by atoms with Gasteiger partial charge >= 0.3 is 0 Å². The zero-order valence-corrected chi connectivity index (χ0v) is 13.2. The van der Waals surface area contributed by atoms with Crippen molar-refractivity contribution in [3.63, 3.8) is 0 Å². The zero-order chi connectivity index (χ0) is 15.8. The van der Waals surface area contributed by atoms with Gasteiger partial charge in [0, 0.05) is 31.6 Å². The molecule has 2 aromatic rings. The van der Waals surface area contributed by atoms with Crippen LogP contribution in [0.5, 0.6) is 5.75 Å². The molecule has 0 aliphatic carbocycles. The van der Waals surface area contributed by atoms with Gasteiger partial charge in [-0.25, -0.2) is 0 Å². The van der Waals surface area contributed by atoms with Crippen molar-refractivity contribution in [3.05, 3.63) is 30.1 Å². The van der Waals surface area contributed by atoms with Gasteiger partial charge in [-0.3, -0.25) is 0 Å². The molecule has 0 saturated carbocycles. The van der Waals surface area contributed by atoms with Crippen LogP contribution in [-0.4, -0.2) is 36.8 Å². The molecule has 22 heavy (non-hydrogen) atoms. The summed E-state index contributed by atoms with van der Waals surface area (Å²) in [4.78, 5) is 4.40. The van der Waals surface area contributed by atoms with Crippen molar-refractivity contribution in [2.75, 3.05) is 20.3 Å². The average Bonchev–Trinajstić information content (AvgIpc) is 3.02. The number of nitrogens with zero attached hydrogens (tertiary/aromatic N) is 2. The number of ether oxygens (including phenoxy) is 3. The Morgan fingerprint density at radius 3 is 2.36 bits per heavy atom. The number of rotatable bonds is 9. The van der Waals surface area contributed by atoms with Gasteiger partial charge in [0.2, 0.25) is 0 Å². The first-order valence-electron chi connectivity index (χ1n) is 7.47. The maximum Gasteiger partial charge on any atom is 0.257 e. The lowest BCUT2D eigenvalue weighted by Gasteiger charge is -2.15. The molecule has 120 valence electrons. The molecule has 0 bridgehead atoms. The number of aryl methyl sites for hydroxylation is 1. The first kappa shape index (κ1) is 16.5. The lowest BCUT2D eigenvalue weighted by molar-refractivity contribution is -0.139. The predicted molar refractivity (Wildman–Crippen MR) is 81.6 cm³/mol. The van der Waals surface area contributed by atoms with Gasteiger partial charge in [-0.2, -0.15) is 4.98 Å². The fourth-order valence-electron chi connectivity index (χ4n) is 2.04. The topological polar surface area (TPSA) is 66.6 Å². The van der Waals surface area contributed by atoms with E-state index in [0.29, 0.717) is 37.8 Å². The molecule has 1 heterocycles. The molecule has 6 nitrogen and oxygen atoms in total. The highest BCUT2D eigenvalue weighted by Gasteiger charge is 2.13. The Labute approximate surface area is 130 Å². The van der Waals surface area contributed by atoms with Crippen molar-refractivity contribution in [1.82, 2.24) is 10.1 Å². The van der Waals surface area contributed by atoms with Crippen molar-refractivity contribution < 1.29 is 18.7 Å². The van der Waals surface area contributed by atoms with E-state index >= 15 is 0 Å². The van der Waals surface area contributed by atoms with E-state index in [0.717, 1.165) is 11.3 Å². The summed E-state index contributed by atoms with van der Waals surface area (Å²) >= 11 is 0. The molecule has 0 spiro atoms. The molecular formula is C16H22N2O4. The van der Waals surface area contributed by atoms with Crippen molar-refractivity contribution in [3.8, 4) is 17.2 Å². The third-order valence-corrected chi connectivity index (χ3v) is 3.11. The van der Waals surface area contributed by atoms with Gasteiger partial charge in [0.05, 0.1) is 7.11 Å². The van der Waals surface area contributed by atoms with Gasteiger partial charge < -0.3 is 18.7 Å². The van der Waals surface area contributed by atoms with E-state index < -0.39 is 0 Å². The van der Waals surface area contributed by atoms with Crippen LogP contribution in [0.2, 0.25) is 0 Å². The number of aromatic nitrogens is 2. The molecule has 0 unspecified atom stereocenters. The molecule has 0 saturated heterocycles. The second-order valence-electron chi connectivity index (χ2n) is 4.62. The third kappa shape index (κ3) is 4.54. The fourth-order valence-corrected chi connectivity index (χ4v) is 2.04. The van der Waals surface area contributed by atoms with Crippen LogP contribution in [0.4, 0.5) is 0 Å². The summed E-state index contributed by atoms with van der Waals surface area (Å²) in [7, 11) is 1.63. The molecule has 0 N–H and O–H groups in total. The van der Waals surface area contributed by atoms with Gasteiger partial charge in [0.25, 0.3) is 5.89 Å². The van der Waals surface area contributed by atoms with Crippen LogP contribution in [0, 0.1) is 0 Å². The van der Waals surface area contributed by atoms with Crippen LogP contribution in [0.1, 0.15) is 26.1 Å². The minimum absolute atomic E-state index is 0.224. The average molecular weight is 306 g/mol. The van der Waals surface area contributed by atoms with E-state index in [1.165, 1.54) is 0 Å². The first-order chi connectivity index (χ1) is 10.8. The number of benzene rings is 1. The summed E-state index contributed by atoms with van der Waals surface area (Å²) in [5.74, 6) is 1.94. The summed E-state index contributed by atoms with van der Waals surface area (Å²) in [5.41, 5.74) is 0.866. The van der Waals surface area contributed by atoms with Crippen LogP contribution >= 0.6 is 0 Å². The van der Waals surface area contributed by atoms with E-state index in [1.54, 1.807) is 7.11 Å². The largest absolute Gasteiger partial charge is 0.497 e. The number of hydrogen-bond donors (Lipinski definition) is 0. The summed E-state index contributed by atoms with van der Waals surface area (Å²) in [6, 6.07) is 7.50. The Morgan fingerprint density at radius 2 is 1.77 bits per heavy atom. The van der Waals surface area contributed by atoms with E-state index in [4.69, 9.17) is 18.7 Å². The first-order valence-corrected chi connectivity index (χ1v) is 7.47. The van der Waals surface area contributed by atoms with Crippen molar-refractivity contribution in [2.24, 2.45) is 0 Å². The molecule has 6 heteroatoms. The third-order valence-electron chi connectivity index (χ3n) is 3.11. The smallest absolute Gasteiger partial charge is 0.257 e. The van der Waals surface area contributed by atoms with Gasteiger partial charge in [-0.15, -0.1) is 0 Å². The van der Waals surface area contributed by atoms with Crippen LogP contribution < -0.4 is 4.74 Å². The second kappa shape index (κ2) is 8.51. The standard InChI is InChI=1S/C16H22N2O4/c1-4-20-15(21-5-2)11-10-14-17-16(22-18-14)12-6-8-13(19-3)9-7-12/h6-9,15H,4-5,10-11H2,1-3H3. The molecule has 0 fully saturated rings. The summed E-state index contributed by atoms with van der Waals surface area (Å²) in [5, 5.41) is 4.00. The Kier molecular flexibility index (Phi) is 6.36. The normalized spacial score (nSPS) is 11.1. The summed E-state index contributed by atoms with van der Waals surface area (Å²) in [6.45, 7) is 5.13. The molecular weight excluding hydrogens is 284 g/mol. The zero-order valence-electron chi connectivity index (χ0n) is 13.2. The molecule has 2 rings (SSSR count). The lowest BCUT2D eigenvalue weighted by Crippen LogP contribution is -2.18. The monoisotopic (exact) mass is 306 g/mol. The van der Waals surface area contributed by atoms with Crippen molar-refractivity contribution in [2.45, 2.75) is 33.0 Å². The lowest BCUT2D eigenvalue weighted by atomic mass is 10.2. The Hall–Kier alpha value is -1.92. The van der Waals surface area contributed by atoms with Gasteiger partial charge in [0.15, 0.2) is 12.1 Å². The van der Waals surface area contributed by atoms with Gasteiger partial charge in [-0.1, -0.05) is 5.16 Å². The van der Waals surface area contributed by atoms with Gasteiger partial charge in [0.1, 0.15) is 5.75 Å². The molecule has 0 amide bonds. The fraction of sp³-hybridized carbons (Fsp3) is 0.500. The molecule has 1 aromatic carbocycles. The highest BCUT2D eigenvalue weighted by molar-refractivity contribution is 5.54. The molecule has 1 aromatic heterocycles. The van der Waals surface area contributed by atoms with Crippen LogP contribution in [0.3, 0.4) is 0 Å². The Bertz CT molecular complexity index is 548. The van der Waals surface area contributed by atoms with E-state index in [9.17, 15) is 0 Å². The second-order valence-corrected chi connectivity index (χ2v) is 4.62. The predicted octanol–water partition coefficient (Wildman–Crippen LogP) is 3.08. The van der Waals surface area contributed by atoms with Gasteiger partial charge in [-0.05, 0) is 38.1 Å². The molecule has 0 aliphatic rings. The molecule has 0 atom stereocenters.